The van der Waals surface area contributed by atoms with Gasteiger partial charge in [-0.15, -0.1) is 0 Å². The molecule has 19 heavy (non-hydrogen) atoms. The number of hydrogen-bond acceptors (Lipinski definition) is 2. The lowest BCUT2D eigenvalue weighted by Gasteiger charge is -2.19. The van der Waals surface area contributed by atoms with Crippen molar-refractivity contribution in [1.29, 1.82) is 0 Å². The van der Waals surface area contributed by atoms with Crippen molar-refractivity contribution in [2.24, 2.45) is 7.05 Å². The van der Waals surface area contributed by atoms with Gasteiger partial charge in [0.25, 0.3) is 0 Å². The van der Waals surface area contributed by atoms with E-state index < -0.39 is 0 Å². The van der Waals surface area contributed by atoms with Crippen LogP contribution in [0.4, 0.5) is 0 Å². The molecular weight excluding hydrogens is 326 g/mol. The van der Waals surface area contributed by atoms with E-state index in [0.29, 0.717) is 0 Å². The van der Waals surface area contributed by atoms with Crippen LogP contribution in [0.1, 0.15) is 30.5 Å². The highest BCUT2D eigenvalue weighted by molar-refractivity contribution is 9.10. The van der Waals surface area contributed by atoms with Gasteiger partial charge in [0.2, 0.25) is 0 Å². The van der Waals surface area contributed by atoms with Gasteiger partial charge in [0.05, 0.1) is 12.2 Å². The van der Waals surface area contributed by atoms with E-state index in [9.17, 15) is 0 Å². The Morgan fingerprint density at radius 3 is 2.84 bits per heavy atom. The molecule has 1 N–H and O–H groups in total. The van der Waals surface area contributed by atoms with Crippen molar-refractivity contribution < 1.29 is 0 Å². The highest BCUT2D eigenvalue weighted by Crippen LogP contribution is 2.30. The molecule has 1 aromatic carbocycles. The number of hydrogen-bond donors (Lipinski definition) is 1. The van der Waals surface area contributed by atoms with Crippen LogP contribution in [0.5, 0.6) is 0 Å². The molecule has 3 nitrogen and oxygen atoms in total. The van der Waals surface area contributed by atoms with Gasteiger partial charge in [-0.1, -0.05) is 40.5 Å². The third kappa shape index (κ3) is 3.59. The van der Waals surface area contributed by atoms with Crippen LogP contribution >= 0.6 is 27.5 Å². The van der Waals surface area contributed by atoms with E-state index in [-0.39, 0.29) is 6.04 Å². The van der Waals surface area contributed by atoms with Crippen molar-refractivity contribution in [3.8, 4) is 0 Å². The number of aromatic nitrogens is 2. The largest absolute Gasteiger partial charge is 0.306 e. The van der Waals surface area contributed by atoms with E-state index in [2.05, 4.69) is 33.3 Å². The fraction of sp³-hybridized carbons (Fsp3) is 0.357. The maximum atomic E-state index is 6.36. The molecule has 0 saturated carbocycles. The predicted molar refractivity (Wildman–Crippen MR) is 82.5 cm³/mol. The standard InChI is InChI=1S/C14H17BrClN3/c1-3-6-17-14(10-8-18-19(2)9-10)12-5-4-11(15)7-13(12)16/h4-5,7-9,14,17H,3,6H2,1-2H3. The summed E-state index contributed by atoms with van der Waals surface area (Å²) in [5.41, 5.74) is 2.20. The summed E-state index contributed by atoms with van der Waals surface area (Å²) < 4.78 is 2.80. The Kier molecular flexibility index (Phi) is 5.02. The van der Waals surface area contributed by atoms with E-state index in [0.717, 1.165) is 33.6 Å². The molecule has 1 unspecified atom stereocenters. The van der Waals surface area contributed by atoms with E-state index in [1.165, 1.54) is 0 Å². The minimum Gasteiger partial charge on any atom is -0.306 e. The summed E-state index contributed by atoms with van der Waals surface area (Å²) in [7, 11) is 1.92. The summed E-state index contributed by atoms with van der Waals surface area (Å²) >= 11 is 9.80. The van der Waals surface area contributed by atoms with Crippen LogP contribution in [0.3, 0.4) is 0 Å². The maximum absolute atomic E-state index is 6.36. The summed E-state index contributed by atoms with van der Waals surface area (Å²) in [6.07, 6.45) is 4.97. The highest BCUT2D eigenvalue weighted by Gasteiger charge is 2.17. The zero-order chi connectivity index (χ0) is 13.8. The molecule has 2 rings (SSSR count). The van der Waals surface area contributed by atoms with Crippen LogP contribution in [0, 0.1) is 0 Å². The first kappa shape index (κ1) is 14.6. The summed E-state index contributed by atoms with van der Waals surface area (Å²) in [5, 5.41) is 8.52. The molecular formula is C14H17BrClN3. The number of benzene rings is 1. The number of aryl methyl sites for hydroxylation is 1. The van der Waals surface area contributed by atoms with Gasteiger partial charge in [0, 0.05) is 28.3 Å². The summed E-state index contributed by atoms with van der Waals surface area (Å²) in [6, 6.07) is 6.06. The molecule has 0 aliphatic carbocycles. The summed E-state index contributed by atoms with van der Waals surface area (Å²) in [6.45, 7) is 3.09. The van der Waals surface area contributed by atoms with E-state index in [4.69, 9.17) is 11.6 Å². The van der Waals surface area contributed by atoms with Gasteiger partial charge in [0.15, 0.2) is 0 Å². The smallest absolute Gasteiger partial charge is 0.0622 e. The molecule has 0 aliphatic heterocycles. The Labute approximate surface area is 127 Å². The van der Waals surface area contributed by atoms with Crippen molar-refractivity contribution in [3.63, 3.8) is 0 Å². The van der Waals surface area contributed by atoms with Gasteiger partial charge in [-0.3, -0.25) is 4.68 Å². The van der Waals surface area contributed by atoms with Gasteiger partial charge in [0.1, 0.15) is 0 Å². The van der Waals surface area contributed by atoms with Crippen molar-refractivity contribution in [3.05, 3.63) is 51.2 Å². The lowest BCUT2D eigenvalue weighted by Crippen LogP contribution is -2.23. The second kappa shape index (κ2) is 6.55. The monoisotopic (exact) mass is 341 g/mol. The Balaban J connectivity index is 2.36. The SMILES string of the molecule is CCCNC(c1cnn(C)c1)c1ccc(Br)cc1Cl. The van der Waals surface area contributed by atoms with Crippen LogP contribution in [0.2, 0.25) is 5.02 Å². The molecule has 0 spiro atoms. The maximum Gasteiger partial charge on any atom is 0.0622 e. The Hall–Kier alpha value is -0.840. The van der Waals surface area contributed by atoms with Crippen LogP contribution in [-0.2, 0) is 7.05 Å². The van der Waals surface area contributed by atoms with Gasteiger partial charge in [-0.25, -0.2) is 0 Å². The molecule has 1 atom stereocenters. The normalized spacial score (nSPS) is 12.6. The second-order valence-electron chi connectivity index (χ2n) is 4.50. The Bertz CT molecular complexity index is 553. The molecule has 5 heteroatoms. The van der Waals surface area contributed by atoms with Crippen LogP contribution in [0.15, 0.2) is 35.1 Å². The van der Waals surface area contributed by atoms with Gasteiger partial charge >= 0.3 is 0 Å². The third-order valence-corrected chi connectivity index (χ3v) is 3.75. The lowest BCUT2D eigenvalue weighted by atomic mass is 10.0. The lowest BCUT2D eigenvalue weighted by molar-refractivity contribution is 0.598. The molecule has 0 aliphatic rings. The fourth-order valence-corrected chi connectivity index (χ4v) is 2.80. The highest BCUT2D eigenvalue weighted by atomic mass is 79.9. The summed E-state index contributed by atoms with van der Waals surface area (Å²) in [4.78, 5) is 0. The first-order chi connectivity index (χ1) is 9.11. The number of nitrogens with one attached hydrogen (secondary N) is 1. The first-order valence-electron chi connectivity index (χ1n) is 6.28. The van der Waals surface area contributed by atoms with Crippen LogP contribution in [-0.4, -0.2) is 16.3 Å². The topological polar surface area (TPSA) is 29.9 Å². The van der Waals surface area contributed by atoms with Gasteiger partial charge in [-0.2, -0.15) is 5.10 Å². The summed E-state index contributed by atoms with van der Waals surface area (Å²) in [5.74, 6) is 0. The average Bonchev–Trinajstić information content (AvgIpc) is 2.78. The second-order valence-corrected chi connectivity index (χ2v) is 5.82. The van der Waals surface area contributed by atoms with E-state index >= 15 is 0 Å². The molecule has 0 fully saturated rings. The molecule has 0 radical (unpaired) electrons. The average molecular weight is 343 g/mol. The van der Waals surface area contributed by atoms with Gasteiger partial charge < -0.3 is 5.32 Å². The minimum atomic E-state index is 0.0780. The molecule has 102 valence electrons. The van der Waals surface area contributed by atoms with Crippen molar-refractivity contribution in [1.82, 2.24) is 15.1 Å². The fourth-order valence-electron chi connectivity index (χ4n) is 2.02. The molecule has 1 aromatic heterocycles. The van der Waals surface area contributed by atoms with Crippen molar-refractivity contribution >= 4 is 27.5 Å². The zero-order valence-corrected chi connectivity index (χ0v) is 13.4. The quantitative estimate of drug-likeness (QED) is 0.892. The molecule has 0 amide bonds. The number of halogens is 2. The molecule has 2 aromatic rings. The van der Waals surface area contributed by atoms with E-state index in [1.807, 2.05) is 42.3 Å². The minimum absolute atomic E-state index is 0.0780. The van der Waals surface area contributed by atoms with Gasteiger partial charge in [-0.05, 0) is 30.7 Å². The third-order valence-electron chi connectivity index (χ3n) is 2.93. The Morgan fingerprint density at radius 1 is 1.47 bits per heavy atom. The molecule has 1 heterocycles. The predicted octanol–water partition coefficient (Wildman–Crippen LogP) is 3.93. The van der Waals surface area contributed by atoms with Crippen LogP contribution < -0.4 is 5.32 Å². The molecule has 0 saturated heterocycles. The molecule has 0 bridgehead atoms. The van der Waals surface area contributed by atoms with Crippen molar-refractivity contribution in [2.75, 3.05) is 6.54 Å². The van der Waals surface area contributed by atoms with E-state index in [1.54, 1.807) is 0 Å². The van der Waals surface area contributed by atoms with Crippen molar-refractivity contribution in [2.45, 2.75) is 19.4 Å². The number of rotatable bonds is 5. The van der Waals surface area contributed by atoms with Crippen LogP contribution in [0.25, 0.3) is 0 Å². The Morgan fingerprint density at radius 2 is 2.26 bits per heavy atom. The first-order valence-corrected chi connectivity index (χ1v) is 7.45. The number of nitrogens with zero attached hydrogens (tertiary/aromatic N) is 2. The zero-order valence-electron chi connectivity index (χ0n) is 11.0.